The third-order valence-electron chi connectivity index (χ3n) is 6.17. The second-order valence-electron chi connectivity index (χ2n) is 7.72. The summed E-state index contributed by atoms with van der Waals surface area (Å²) in [7, 11) is 0. The van der Waals surface area contributed by atoms with Gasteiger partial charge in [-0.3, -0.25) is 9.89 Å². The van der Waals surface area contributed by atoms with Crippen LogP contribution < -0.4 is 0 Å². The first-order valence-corrected chi connectivity index (χ1v) is 9.66. The molecule has 3 aliphatic rings. The van der Waals surface area contributed by atoms with Gasteiger partial charge >= 0.3 is 0 Å². The minimum Gasteiger partial charge on any atom is -0.332 e. The molecule has 6 nitrogen and oxygen atoms in total. The van der Waals surface area contributed by atoms with Gasteiger partial charge in [0.15, 0.2) is 5.82 Å². The number of carbonyl (C=O) groups excluding carboxylic acids is 1. The van der Waals surface area contributed by atoms with E-state index in [2.05, 4.69) is 25.0 Å². The number of hydrogen-bond donors (Lipinski definition) is 1. The minimum atomic E-state index is 0.0790. The van der Waals surface area contributed by atoms with Gasteiger partial charge in [-0.2, -0.15) is 5.10 Å². The van der Waals surface area contributed by atoms with Gasteiger partial charge in [-0.25, -0.2) is 4.98 Å². The van der Waals surface area contributed by atoms with E-state index in [1.807, 2.05) is 6.92 Å². The van der Waals surface area contributed by atoms with E-state index in [1.165, 1.54) is 25.7 Å². The summed E-state index contributed by atoms with van der Waals surface area (Å²) in [6.07, 6.45) is 9.57. The quantitative estimate of drug-likeness (QED) is 0.924. The van der Waals surface area contributed by atoms with Crippen molar-refractivity contribution in [2.24, 2.45) is 5.92 Å². The molecule has 6 heteroatoms. The van der Waals surface area contributed by atoms with Crippen LogP contribution >= 0.6 is 0 Å². The predicted octanol–water partition coefficient (Wildman–Crippen LogP) is 2.43. The number of aryl methyl sites for hydroxylation is 1. The van der Waals surface area contributed by atoms with Crippen molar-refractivity contribution < 1.29 is 4.79 Å². The van der Waals surface area contributed by atoms with Crippen LogP contribution in [-0.2, 0) is 4.79 Å². The Morgan fingerprint density at radius 1 is 1.04 bits per heavy atom. The number of piperidine rings is 1. The molecule has 2 saturated heterocycles. The van der Waals surface area contributed by atoms with E-state index in [4.69, 9.17) is 0 Å². The van der Waals surface area contributed by atoms with Gasteiger partial charge in [0.1, 0.15) is 5.82 Å². The number of carbonyl (C=O) groups is 1. The molecule has 2 aliphatic heterocycles. The van der Waals surface area contributed by atoms with Crippen molar-refractivity contribution in [1.82, 2.24) is 25.0 Å². The van der Waals surface area contributed by atoms with Crippen LogP contribution in [-0.4, -0.2) is 56.6 Å². The Balaban J connectivity index is 1.37. The van der Waals surface area contributed by atoms with E-state index in [1.54, 1.807) is 0 Å². The third-order valence-corrected chi connectivity index (χ3v) is 6.17. The molecule has 0 aromatic carbocycles. The molecule has 0 bridgehead atoms. The molecule has 24 heavy (non-hydrogen) atoms. The van der Waals surface area contributed by atoms with Gasteiger partial charge in [0, 0.05) is 18.5 Å². The molecule has 1 aliphatic carbocycles. The lowest BCUT2D eigenvalue weighted by Crippen LogP contribution is -2.45. The summed E-state index contributed by atoms with van der Waals surface area (Å²) in [6.45, 7) is 4.97. The van der Waals surface area contributed by atoms with E-state index in [0.717, 1.165) is 63.0 Å². The Morgan fingerprint density at radius 2 is 1.79 bits per heavy atom. The molecule has 0 radical (unpaired) electrons. The van der Waals surface area contributed by atoms with E-state index in [9.17, 15) is 4.79 Å². The number of amides is 1. The number of aromatic nitrogens is 3. The van der Waals surface area contributed by atoms with Gasteiger partial charge in [-0.15, -0.1) is 0 Å². The maximum absolute atomic E-state index is 13.1. The molecule has 1 atom stereocenters. The average molecular weight is 331 g/mol. The first-order chi connectivity index (χ1) is 11.7. The van der Waals surface area contributed by atoms with Crippen LogP contribution in [0.1, 0.15) is 69.1 Å². The first kappa shape index (κ1) is 16.1. The maximum Gasteiger partial charge on any atom is 0.226 e. The fourth-order valence-corrected chi connectivity index (χ4v) is 4.82. The van der Waals surface area contributed by atoms with Gasteiger partial charge in [0.25, 0.3) is 0 Å². The molecule has 3 fully saturated rings. The Labute approximate surface area is 144 Å². The highest BCUT2D eigenvalue weighted by Gasteiger charge is 2.38. The van der Waals surface area contributed by atoms with Crippen LogP contribution in [0.3, 0.4) is 0 Å². The number of hydrogen-bond acceptors (Lipinski definition) is 4. The number of nitrogens with zero attached hydrogens (tertiary/aromatic N) is 4. The van der Waals surface area contributed by atoms with Crippen molar-refractivity contribution in [2.75, 3.05) is 19.6 Å². The highest BCUT2D eigenvalue weighted by Crippen LogP contribution is 2.34. The van der Waals surface area contributed by atoms with Crippen LogP contribution in [0.5, 0.6) is 0 Å². The van der Waals surface area contributed by atoms with E-state index < -0.39 is 0 Å². The lowest BCUT2D eigenvalue weighted by atomic mass is 9.93. The summed E-state index contributed by atoms with van der Waals surface area (Å²) in [5.74, 6) is 2.16. The van der Waals surface area contributed by atoms with Crippen molar-refractivity contribution in [2.45, 2.75) is 70.4 Å². The van der Waals surface area contributed by atoms with Crippen molar-refractivity contribution in [3.63, 3.8) is 0 Å². The maximum atomic E-state index is 13.1. The highest BCUT2D eigenvalue weighted by atomic mass is 16.2. The summed E-state index contributed by atoms with van der Waals surface area (Å²) in [6, 6.07) is 0.868. The second-order valence-corrected chi connectivity index (χ2v) is 7.72. The SMILES string of the molecule is Cc1nc([C@H]2CCCN2C(=O)C2CCN(C3CCCC3)CC2)n[nH]1. The highest BCUT2D eigenvalue weighted by molar-refractivity contribution is 5.79. The van der Waals surface area contributed by atoms with Gasteiger partial charge in [0.2, 0.25) is 5.91 Å². The minimum absolute atomic E-state index is 0.0790. The fourth-order valence-electron chi connectivity index (χ4n) is 4.82. The van der Waals surface area contributed by atoms with E-state index >= 15 is 0 Å². The molecular formula is C18H29N5O. The molecule has 1 aromatic heterocycles. The molecule has 4 rings (SSSR count). The second kappa shape index (κ2) is 6.82. The molecule has 1 amide bonds. The summed E-state index contributed by atoms with van der Waals surface area (Å²) >= 11 is 0. The van der Waals surface area contributed by atoms with Crippen LogP contribution in [0.2, 0.25) is 0 Å². The Bertz CT molecular complexity index is 572. The Kier molecular flexibility index (Phi) is 4.57. The third kappa shape index (κ3) is 3.08. The predicted molar refractivity (Wildman–Crippen MR) is 91.4 cm³/mol. The lowest BCUT2D eigenvalue weighted by Gasteiger charge is -2.37. The number of likely N-dealkylation sites (tertiary alicyclic amines) is 2. The summed E-state index contributed by atoms with van der Waals surface area (Å²) < 4.78 is 0. The summed E-state index contributed by atoms with van der Waals surface area (Å²) in [5, 5.41) is 7.22. The Morgan fingerprint density at radius 3 is 2.46 bits per heavy atom. The van der Waals surface area contributed by atoms with Crippen molar-refractivity contribution in [1.29, 1.82) is 0 Å². The zero-order chi connectivity index (χ0) is 16.5. The molecular weight excluding hydrogens is 302 g/mol. The molecule has 132 valence electrons. The van der Waals surface area contributed by atoms with Gasteiger partial charge in [-0.05, 0) is 58.5 Å². The molecule has 1 N–H and O–H groups in total. The topological polar surface area (TPSA) is 65.1 Å². The van der Waals surface area contributed by atoms with Crippen LogP contribution in [0.25, 0.3) is 0 Å². The molecule has 0 unspecified atom stereocenters. The fraction of sp³-hybridized carbons (Fsp3) is 0.833. The largest absolute Gasteiger partial charge is 0.332 e. The smallest absolute Gasteiger partial charge is 0.226 e. The standard InChI is InChI=1S/C18H29N5O/c1-13-19-17(21-20-13)16-7-4-10-23(16)18(24)14-8-11-22(12-9-14)15-5-2-3-6-15/h14-16H,2-12H2,1H3,(H,19,20,21)/t16-/m1/s1. The van der Waals surface area contributed by atoms with Crippen molar-refractivity contribution >= 4 is 5.91 Å². The monoisotopic (exact) mass is 331 g/mol. The number of aromatic amines is 1. The van der Waals surface area contributed by atoms with Crippen LogP contribution in [0.4, 0.5) is 0 Å². The Hall–Kier alpha value is -1.43. The molecule has 1 saturated carbocycles. The van der Waals surface area contributed by atoms with Gasteiger partial charge < -0.3 is 9.80 Å². The number of H-pyrrole nitrogens is 1. The average Bonchev–Trinajstić information content (AvgIpc) is 3.35. The number of rotatable bonds is 3. The molecule has 1 aromatic rings. The summed E-state index contributed by atoms with van der Waals surface area (Å²) in [5.41, 5.74) is 0. The van der Waals surface area contributed by atoms with E-state index in [0.29, 0.717) is 5.91 Å². The zero-order valence-electron chi connectivity index (χ0n) is 14.7. The molecule has 3 heterocycles. The van der Waals surface area contributed by atoms with E-state index in [-0.39, 0.29) is 12.0 Å². The van der Waals surface area contributed by atoms with Gasteiger partial charge in [-0.1, -0.05) is 12.8 Å². The zero-order valence-corrected chi connectivity index (χ0v) is 14.7. The van der Waals surface area contributed by atoms with Crippen LogP contribution in [0, 0.1) is 12.8 Å². The normalized spacial score (nSPS) is 27.2. The lowest BCUT2D eigenvalue weighted by molar-refractivity contribution is -0.138. The number of nitrogens with one attached hydrogen (secondary N) is 1. The summed E-state index contributed by atoms with van der Waals surface area (Å²) in [4.78, 5) is 22.2. The van der Waals surface area contributed by atoms with Crippen LogP contribution in [0.15, 0.2) is 0 Å². The molecule has 0 spiro atoms. The van der Waals surface area contributed by atoms with Gasteiger partial charge in [0.05, 0.1) is 6.04 Å². The van der Waals surface area contributed by atoms with Crippen molar-refractivity contribution in [3.8, 4) is 0 Å². The first-order valence-electron chi connectivity index (χ1n) is 9.66. The van der Waals surface area contributed by atoms with Crippen molar-refractivity contribution in [3.05, 3.63) is 11.6 Å².